The fourth-order valence-corrected chi connectivity index (χ4v) is 4.54. The van der Waals surface area contributed by atoms with E-state index >= 15 is 0 Å². The lowest BCUT2D eigenvalue weighted by Gasteiger charge is -2.23. The van der Waals surface area contributed by atoms with Crippen LogP contribution in [0.3, 0.4) is 0 Å². The summed E-state index contributed by atoms with van der Waals surface area (Å²) in [5.74, 6) is -0.271. The van der Waals surface area contributed by atoms with Crippen LogP contribution in [-0.2, 0) is 23.0 Å². The van der Waals surface area contributed by atoms with Crippen LogP contribution in [0.1, 0.15) is 28.4 Å². The number of para-hydroxylation sites is 1. The number of benzene rings is 3. The van der Waals surface area contributed by atoms with Crippen molar-refractivity contribution in [2.24, 2.45) is 0 Å². The Morgan fingerprint density at radius 3 is 2.13 bits per heavy atom. The van der Waals surface area contributed by atoms with Crippen molar-refractivity contribution in [3.8, 4) is 0 Å². The van der Waals surface area contributed by atoms with Gasteiger partial charge in [0.2, 0.25) is 10.0 Å². The molecule has 162 valence electrons. The highest BCUT2D eigenvalue weighted by atomic mass is 35.5. The molecule has 0 atom stereocenters. The maximum Gasteiger partial charge on any atom is 0.255 e. The molecule has 0 radical (unpaired) electrons. The topological polar surface area (TPSA) is 66.5 Å². The molecule has 0 spiro atoms. The lowest BCUT2D eigenvalue weighted by Crippen LogP contribution is -2.29. The van der Waals surface area contributed by atoms with Gasteiger partial charge in [0.15, 0.2) is 0 Å². The number of aryl methyl sites for hydroxylation is 1. The van der Waals surface area contributed by atoms with E-state index < -0.39 is 10.0 Å². The Bertz CT molecular complexity index is 1180. The number of amides is 1. The highest BCUT2D eigenvalue weighted by molar-refractivity contribution is 7.92. The molecule has 3 rings (SSSR count). The fraction of sp³-hybridized carbons (Fsp3) is 0.174. The fourth-order valence-electron chi connectivity index (χ4n) is 3.15. The molecule has 1 amide bonds. The summed E-state index contributed by atoms with van der Waals surface area (Å²) in [5, 5.41) is 3.67. The number of rotatable bonds is 7. The molecule has 3 aromatic rings. The van der Waals surface area contributed by atoms with Crippen LogP contribution in [0.25, 0.3) is 0 Å². The Balaban J connectivity index is 1.86. The molecule has 0 aliphatic rings. The molecule has 31 heavy (non-hydrogen) atoms. The molecule has 0 aromatic heterocycles. The van der Waals surface area contributed by atoms with Gasteiger partial charge in [0.05, 0.1) is 18.5 Å². The first-order valence-electron chi connectivity index (χ1n) is 9.60. The number of sulfonamides is 1. The van der Waals surface area contributed by atoms with Crippen molar-refractivity contribution < 1.29 is 13.2 Å². The zero-order chi connectivity index (χ0) is 22.6. The minimum absolute atomic E-state index is 0.0211. The molecule has 8 heteroatoms. The van der Waals surface area contributed by atoms with Crippen LogP contribution >= 0.6 is 23.2 Å². The van der Waals surface area contributed by atoms with Gasteiger partial charge >= 0.3 is 0 Å². The van der Waals surface area contributed by atoms with Crippen molar-refractivity contribution >= 4 is 50.5 Å². The Hall–Kier alpha value is -2.54. The van der Waals surface area contributed by atoms with Crippen molar-refractivity contribution in [2.75, 3.05) is 15.9 Å². The summed E-state index contributed by atoms with van der Waals surface area (Å²) >= 11 is 12.4. The van der Waals surface area contributed by atoms with Crippen molar-refractivity contribution in [1.82, 2.24) is 0 Å². The third kappa shape index (κ3) is 5.58. The molecule has 1 N–H and O–H groups in total. The molecular weight excluding hydrogens is 455 g/mol. The second-order valence-electron chi connectivity index (χ2n) is 6.98. The van der Waals surface area contributed by atoms with E-state index in [2.05, 4.69) is 5.32 Å². The Morgan fingerprint density at radius 1 is 0.935 bits per heavy atom. The molecule has 0 unspecified atom stereocenters. The predicted molar refractivity (Wildman–Crippen MR) is 128 cm³/mol. The largest absolute Gasteiger partial charge is 0.322 e. The average molecular weight is 477 g/mol. The summed E-state index contributed by atoms with van der Waals surface area (Å²) < 4.78 is 26.1. The summed E-state index contributed by atoms with van der Waals surface area (Å²) in [5.41, 5.74) is 3.12. The number of nitrogens with one attached hydrogen (secondary N) is 1. The second kappa shape index (κ2) is 9.73. The number of anilines is 2. The van der Waals surface area contributed by atoms with Gasteiger partial charge in [-0.25, -0.2) is 8.42 Å². The first-order valence-corrected chi connectivity index (χ1v) is 12.2. The SMILES string of the molecule is CCc1ccccc1NC(=O)c1ccc(N(Cc2c(Cl)cccc2Cl)S(C)(=O)=O)cc1. The third-order valence-corrected chi connectivity index (χ3v) is 6.68. The molecule has 0 aliphatic heterocycles. The van der Waals surface area contributed by atoms with Crippen LogP contribution in [0, 0.1) is 0 Å². The first kappa shape index (κ1) is 23.1. The van der Waals surface area contributed by atoms with E-state index in [1.54, 1.807) is 42.5 Å². The summed E-state index contributed by atoms with van der Waals surface area (Å²) in [7, 11) is -3.62. The van der Waals surface area contributed by atoms with Crippen molar-refractivity contribution in [3.05, 3.63) is 93.5 Å². The summed E-state index contributed by atoms with van der Waals surface area (Å²) in [4.78, 5) is 12.7. The van der Waals surface area contributed by atoms with Crippen molar-refractivity contribution in [2.45, 2.75) is 19.9 Å². The van der Waals surface area contributed by atoms with Gasteiger partial charge in [-0.1, -0.05) is 54.4 Å². The maximum absolute atomic E-state index is 12.7. The van der Waals surface area contributed by atoms with Crippen LogP contribution in [0.4, 0.5) is 11.4 Å². The molecule has 0 aliphatic carbocycles. The lowest BCUT2D eigenvalue weighted by molar-refractivity contribution is 0.102. The molecule has 0 saturated carbocycles. The molecule has 0 bridgehead atoms. The molecule has 0 fully saturated rings. The van der Waals surface area contributed by atoms with Gasteiger partial charge in [-0.3, -0.25) is 9.10 Å². The zero-order valence-electron chi connectivity index (χ0n) is 17.1. The van der Waals surface area contributed by atoms with Crippen molar-refractivity contribution in [3.63, 3.8) is 0 Å². The second-order valence-corrected chi connectivity index (χ2v) is 9.70. The Morgan fingerprint density at radius 2 is 1.55 bits per heavy atom. The van der Waals surface area contributed by atoms with Crippen molar-refractivity contribution in [1.29, 1.82) is 0 Å². The zero-order valence-corrected chi connectivity index (χ0v) is 19.4. The number of nitrogens with zero attached hydrogens (tertiary/aromatic N) is 1. The van der Waals surface area contributed by atoms with E-state index in [-0.39, 0.29) is 12.5 Å². The number of hydrogen-bond acceptors (Lipinski definition) is 3. The Labute approximate surface area is 192 Å². The monoisotopic (exact) mass is 476 g/mol. The molecule has 0 heterocycles. The quantitative estimate of drug-likeness (QED) is 0.470. The number of carbonyl (C=O) groups excluding carboxylic acids is 1. The van der Waals surface area contributed by atoms with E-state index in [0.29, 0.717) is 26.9 Å². The third-order valence-electron chi connectivity index (χ3n) is 4.83. The number of carbonyl (C=O) groups is 1. The normalized spacial score (nSPS) is 11.2. The van der Waals surface area contributed by atoms with Gasteiger partial charge in [0, 0.05) is 26.9 Å². The van der Waals surface area contributed by atoms with E-state index in [9.17, 15) is 13.2 Å². The summed E-state index contributed by atoms with van der Waals surface area (Å²) in [6, 6.07) is 19.0. The maximum atomic E-state index is 12.7. The van der Waals surface area contributed by atoms with Crippen LogP contribution < -0.4 is 9.62 Å². The Kier molecular flexibility index (Phi) is 7.26. The van der Waals surface area contributed by atoms with Crippen LogP contribution in [-0.4, -0.2) is 20.6 Å². The van der Waals surface area contributed by atoms with E-state index in [1.165, 1.54) is 4.31 Å². The highest BCUT2D eigenvalue weighted by Gasteiger charge is 2.21. The summed E-state index contributed by atoms with van der Waals surface area (Å²) in [6.07, 6.45) is 1.91. The van der Waals surface area contributed by atoms with Crippen LogP contribution in [0.15, 0.2) is 66.7 Å². The van der Waals surface area contributed by atoms with Crippen LogP contribution in [0.2, 0.25) is 10.0 Å². The minimum atomic E-state index is -3.62. The standard InChI is InChI=1S/C23H22Cl2N2O3S/c1-3-16-7-4-5-10-22(16)26-23(28)17-11-13-18(14-12-17)27(31(2,29)30)15-19-20(24)8-6-9-21(19)25/h4-14H,3,15H2,1-2H3,(H,26,28). The average Bonchev–Trinajstić information content (AvgIpc) is 2.73. The minimum Gasteiger partial charge on any atom is -0.322 e. The molecule has 5 nitrogen and oxygen atoms in total. The predicted octanol–water partition coefficient (Wildman–Crippen LogP) is 5.77. The van der Waals surface area contributed by atoms with Crippen LogP contribution in [0.5, 0.6) is 0 Å². The number of hydrogen-bond donors (Lipinski definition) is 1. The molecule has 0 saturated heterocycles. The lowest BCUT2D eigenvalue weighted by atomic mass is 10.1. The molecule has 3 aromatic carbocycles. The number of halogens is 2. The van der Waals surface area contributed by atoms with Gasteiger partial charge in [-0.05, 0) is 54.4 Å². The first-order chi connectivity index (χ1) is 14.7. The van der Waals surface area contributed by atoms with Gasteiger partial charge in [0.1, 0.15) is 0 Å². The van der Waals surface area contributed by atoms with E-state index in [1.807, 2.05) is 31.2 Å². The van der Waals surface area contributed by atoms with Gasteiger partial charge < -0.3 is 5.32 Å². The highest BCUT2D eigenvalue weighted by Crippen LogP contribution is 2.29. The van der Waals surface area contributed by atoms with Gasteiger partial charge in [0.25, 0.3) is 5.91 Å². The van der Waals surface area contributed by atoms with E-state index in [4.69, 9.17) is 23.2 Å². The van der Waals surface area contributed by atoms with Gasteiger partial charge in [-0.15, -0.1) is 0 Å². The van der Waals surface area contributed by atoms with E-state index in [0.717, 1.165) is 23.9 Å². The smallest absolute Gasteiger partial charge is 0.255 e. The molecular formula is C23H22Cl2N2O3S. The summed E-state index contributed by atoms with van der Waals surface area (Å²) in [6.45, 7) is 2.00. The van der Waals surface area contributed by atoms with Gasteiger partial charge in [-0.2, -0.15) is 0 Å².